The molecule has 9 heteroatoms. The molecule has 0 bridgehead atoms. The summed E-state index contributed by atoms with van der Waals surface area (Å²) in [5, 5.41) is 6.45. The molecule has 0 aliphatic carbocycles. The first-order valence-electron chi connectivity index (χ1n) is 10.3. The van der Waals surface area contributed by atoms with Crippen LogP contribution in [0.25, 0.3) is 0 Å². The number of likely N-dealkylation sites (tertiary alicyclic amines) is 1. The first kappa shape index (κ1) is 24.8. The number of nitrogens with one attached hydrogen (secondary N) is 2. The molecule has 2 N–H and O–H groups in total. The monoisotopic (exact) mass is 541 g/mol. The van der Waals surface area contributed by atoms with Crippen molar-refractivity contribution in [3.05, 3.63) is 54.1 Å². The Morgan fingerprint density at radius 3 is 2.87 bits per heavy atom. The van der Waals surface area contributed by atoms with E-state index in [2.05, 4.69) is 20.6 Å². The average Bonchev–Trinajstić information content (AvgIpc) is 3.16. The van der Waals surface area contributed by atoms with E-state index in [4.69, 9.17) is 4.74 Å². The number of amides is 1. The molecule has 1 amide bonds. The van der Waals surface area contributed by atoms with Crippen LogP contribution in [0, 0.1) is 5.82 Å². The van der Waals surface area contributed by atoms with Gasteiger partial charge in [0.25, 0.3) is 0 Å². The summed E-state index contributed by atoms with van der Waals surface area (Å²) in [6.07, 6.45) is 5.64. The molecule has 2 aromatic rings. The molecule has 1 aliphatic heterocycles. The van der Waals surface area contributed by atoms with Gasteiger partial charge in [-0.15, -0.1) is 24.0 Å². The van der Waals surface area contributed by atoms with Crippen molar-refractivity contribution in [3.63, 3.8) is 0 Å². The lowest BCUT2D eigenvalue weighted by Crippen LogP contribution is -2.39. The van der Waals surface area contributed by atoms with E-state index >= 15 is 0 Å². The fraction of sp³-hybridized carbons (Fsp3) is 0.409. The lowest BCUT2D eigenvalue weighted by molar-refractivity contribution is -0.127. The SMILES string of the molecule is CCNC(=NCc1ccc(Oc2cccnc2)c(F)c1)NCCCN1CCCC1=O.I. The van der Waals surface area contributed by atoms with Gasteiger partial charge >= 0.3 is 0 Å². The van der Waals surface area contributed by atoms with Gasteiger partial charge in [0.15, 0.2) is 17.5 Å². The molecular formula is C22H29FIN5O2. The van der Waals surface area contributed by atoms with Gasteiger partial charge < -0.3 is 20.3 Å². The van der Waals surface area contributed by atoms with Crippen LogP contribution in [0.4, 0.5) is 4.39 Å². The molecule has 0 atom stereocenters. The number of hydrogen-bond donors (Lipinski definition) is 2. The van der Waals surface area contributed by atoms with E-state index < -0.39 is 5.82 Å². The van der Waals surface area contributed by atoms with Crippen molar-refractivity contribution in [2.75, 3.05) is 26.2 Å². The van der Waals surface area contributed by atoms with Crippen LogP contribution in [-0.4, -0.2) is 47.9 Å². The van der Waals surface area contributed by atoms with Gasteiger partial charge in [-0.3, -0.25) is 9.78 Å². The first-order chi connectivity index (χ1) is 14.7. The smallest absolute Gasteiger partial charge is 0.222 e. The topological polar surface area (TPSA) is 78.9 Å². The number of hydrogen-bond acceptors (Lipinski definition) is 4. The molecule has 3 rings (SSSR count). The third-order valence-corrected chi connectivity index (χ3v) is 4.69. The first-order valence-corrected chi connectivity index (χ1v) is 10.3. The number of nitrogens with zero attached hydrogens (tertiary/aromatic N) is 3. The summed E-state index contributed by atoms with van der Waals surface area (Å²) >= 11 is 0. The van der Waals surface area contributed by atoms with Gasteiger partial charge in [0.2, 0.25) is 5.91 Å². The molecule has 2 heterocycles. The van der Waals surface area contributed by atoms with Gasteiger partial charge in [-0.25, -0.2) is 9.38 Å². The minimum atomic E-state index is -0.445. The molecule has 0 unspecified atom stereocenters. The number of aromatic nitrogens is 1. The maximum Gasteiger partial charge on any atom is 0.222 e. The van der Waals surface area contributed by atoms with Crippen LogP contribution in [0.5, 0.6) is 11.5 Å². The summed E-state index contributed by atoms with van der Waals surface area (Å²) in [4.78, 5) is 22.0. The number of rotatable bonds is 9. The zero-order chi connectivity index (χ0) is 21.2. The van der Waals surface area contributed by atoms with Crippen molar-refractivity contribution in [2.45, 2.75) is 32.7 Å². The Morgan fingerprint density at radius 2 is 2.19 bits per heavy atom. The average molecular weight is 541 g/mol. The second kappa shape index (κ2) is 13.1. The van der Waals surface area contributed by atoms with Gasteiger partial charge in [-0.2, -0.15) is 0 Å². The molecule has 1 aromatic heterocycles. The summed E-state index contributed by atoms with van der Waals surface area (Å²) in [5.74, 6) is 1.10. The molecule has 0 spiro atoms. The predicted octanol–water partition coefficient (Wildman–Crippen LogP) is 3.70. The van der Waals surface area contributed by atoms with Gasteiger partial charge in [-0.05, 0) is 49.6 Å². The van der Waals surface area contributed by atoms with E-state index in [1.807, 2.05) is 11.8 Å². The van der Waals surface area contributed by atoms with E-state index in [0.717, 1.165) is 38.0 Å². The van der Waals surface area contributed by atoms with Crippen molar-refractivity contribution >= 4 is 35.8 Å². The Bertz CT molecular complexity index is 866. The molecule has 0 radical (unpaired) electrons. The number of benzene rings is 1. The van der Waals surface area contributed by atoms with E-state index in [-0.39, 0.29) is 35.6 Å². The normalized spacial score (nSPS) is 13.7. The largest absolute Gasteiger partial charge is 0.453 e. The van der Waals surface area contributed by atoms with Crippen molar-refractivity contribution < 1.29 is 13.9 Å². The van der Waals surface area contributed by atoms with Gasteiger partial charge in [-0.1, -0.05) is 6.07 Å². The second-order valence-corrected chi connectivity index (χ2v) is 7.02. The molecule has 1 fully saturated rings. The highest BCUT2D eigenvalue weighted by molar-refractivity contribution is 14.0. The minimum absolute atomic E-state index is 0. The maximum absolute atomic E-state index is 14.4. The molecule has 0 saturated carbocycles. The highest BCUT2D eigenvalue weighted by Gasteiger charge is 2.18. The number of carbonyl (C=O) groups excluding carboxylic acids is 1. The second-order valence-electron chi connectivity index (χ2n) is 7.02. The standard InChI is InChI=1S/C22H28FN5O2.HI/c1-2-25-22(26-11-5-13-28-12-4-7-21(28)29)27-15-17-8-9-20(19(23)14-17)30-18-6-3-10-24-16-18;/h3,6,8-10,14,16H,2,4-5,7,11-13,15H2,1H3,(H2,25,26,27);1H. The summed E-state index contributed by atoms with van der Waals surface area (Å²) in [6.45, 7) is 5.38. The van der Waals surface area contributed by atoms with E-state index in [1.54, 1.807) is 30.5 Å². The molecule has 1 saturated heterocycles. The zero-order valence-corrected chi connectivity index (χ0v) is 20.0. The lowest BCUT2D eigenvalue weighted by Gasteiger charge is -2.16. The van der Waals surface area contributed by atoms with Crippen LogP contribution < -0.4 is 15.4 Å². The van der Waals surface area contributed by atoms with Crippen LogP contribution >= 0.6 is 24.0 Å². The van der Waals surface area contributed by atoms with E-state index in [9.17, 15) is 9.18 Å². The Balaban J connectivity index is 0.00000341. The van der Waals surface area contributed by atoms with Crippen molar-refractivity contribution in [2.24, 2.45) is 4.99 Å². The lowest BCUT2D eigenvalue weighted by atomic mass is 10.2. The Morgan fingerprint density at radius 1 is 1.32 bits per heavy atom. The Hall–Kier alpha value is -2.43. The predicted molar refractivity (Wildman–Crippen MR) is 129 cm³/mol. The number of pyridine rings is 1. The number of carbonyl (C=O) groups is 1. The third-order valence-electron chi connectivity index (χ3n) is 4.69. The summed E-state index contributed by atoms with van der Waals surface area (Å²) in [6, 6.07) is 8.27. The van der Waals surface area contributed by atoms with Crippen LogP contribution in [-0.2, 0) is 11.3 Å². The van der Waals surface area contributed by atoms with Crippen molar-refractivity contribution in [1.29, 1.82) is 0 Å². The van der Waals surface area contributed by atoms with E-state index in [0.29, 0.717) is 31.2 Å². The number of aliphatic imine (C=N–C) groups is 1. The molecule has 1 aromatic carbocycles. The summed E-state index contributed by atoms with van der Waals surface area (Å²) in [5.41, 5.74) is 0.742. The maximum atomic E-state index is 14.4. The number of guanidine groups is 1. The number of halogens is 2. The molecular weight excluding hydrogens is 512 g/mol. The molecule has 1 aliphatic rings. The third kappa shape index (κ3) is 7.97. The summed E-state index contributed by atoms with van der Waals surface area (Å²) in [7, 11) is 0. The van der Waals surface area contributed by atoms with Crippen LogP contribution in [0.15, 0.2) is 47.7 Å². The molecule has 168 valence electrons. The van der Waals surface area contributed by atoms with Gasteiger partial charge in [0.05, 0.1) is 12.7 Å². The Kier molecular flexibility index (Phi) is 10.5. The van der Waals surface area contributed by atoms with E-state index in [1.165, 1.54) is 12.3 Å². The summed E-state index contributed by atoms with van der Waals surface area (Å²) < 4.78 is 19.9. The minimum Gasteiger partial charge on any atom is -0.453 e. The van der Waals surface area contributed by atoms with Crippen molar-refractivity contribution in [1.82, 2.24) is 20.5 Å². The van der Waals surface area contributed by atoms with Gasteiger partial charge in [0, 0.05) is 38.8 Å². The molecule has 7 nitrogen and oxygen atoms in total. The van der Waals surface area contributed by atoms with Crippen molar-refractivity contribution in [3.8, 4) is 11.5 Å². The molecule has 31 heavy (non-hydrogen) atoms. The fourth-order valence-electron chi connectivity index (χ4n) is 3.19. The van der Waals surface area contributed by atoms with Crippen LogP contribution in [0.3, 0.4) is 0 Å². The zero-order valence-electron chi connectivity index (χ0n) is 17.6. The van der Waals surface area contributed by atoms with Crippen LogP contribution in [0.1, 0.15) is 31.7 Å². The fourth-order valence-corrected chi connectivity index (χ4v) is 3.19. The van der Waals surface area contributed by atoms with Gasteiger partial charge in [0.1, 0.15) is 5.75 Å². The quantitative estimate of drug-likeness (QED) is 0.219. The highest BCUT2D eigenvalue weighted by Crippen LogP contribution is 2.24. The number of ether oxygens (including phenoxy) is 1. The Labute approximate surface area is 199 Å². The highest BCUT2D eigenvalue weighted by atomic mass is 127. The van der Waals surface area contributed by atoms with Crippen LogP contribution in [0.2, 0.25) is 0 Å².